The van der Waals surface area contributed by atoms with Gasteiger partial charge in [0.1, 0.15) is 0 Å². The van der Waals surface area contributed by atoms with Crippen molar-refractivity contribution < 1.29 is 8.42 Å². The zero-order valence-corrected chi connectivity index (χ0v) is 13.8. The van der Waals surface area contributed by atoms with Gasteiger partial charge in [-0.05, 0) is 64.5 Å². The largest absolute Gasteiger partial charge is 0.385 e. The van der Waals surface area contributed by atoms with Crippen molar-refractivity contribution in [2.75, 3.05) is 32.5 Å². The first kappa shape index (κ1) is 16.3. The topological polar surface area (TPSA) is 61.4 Å². The third kappa shape index (κ3) is 3.56. The average Bonchev–Trinajstić information content (AvgIpc) is 2.38. The van der Waals surface area contributed by atoms with Crippen molar-refractivity contribution in [2.45, 2.75) is 36.6 Å². The third-order valence-electron chi connectivity index (χ3n) is 4.37. The third-order valence-corrected chi connectivity index (χ3v) is 5.79. The first-order valence-electron chi connectivity index (χ1n) is 7.41. The molecule has 0 amide bonds. The molecule has 0 unspecified atom stereocenters. The van der Waals surface area contributed by atoms with E-state index in [2.05, 4.69) is 14.9 Å². The maximum atomic E-state index is 12.4. The molecular formula is C15H25N3O2S. The van der Waals surface area contributed by atoms with Crippen molar-refractivity contribution >= 4 is 15.7 Å². The molecule has 0 radical (unpaired) electrons. The minimum Gasteiger partial charge on any atom is -0.385 e. The van der Waals surface area contributed by atoms with E-state index in [0.29, 0.717) is 11.4 Å². The Balaban J connectivity index is 2.04. The molecular weight excluding hydrogens is 286 g/mol. The molecule has 2 rings (SSSR count). The lowest BCUT2D eigenvalue weighted by Crippen LogP contribution is -2.57. The molecule has 0 heterocycles. The quantitative estimate of drug-likeness (QED) is 0.807. The Morgan fingerprint density at radius 3 is 2.24 bits per heavy atom. The maximum absolute atomic E-state index is 12.4. The Morgan fingerprint density at radius 1 is 1.19 bits per heavy atom. The Morgan fingerprint density at radius 2 is 1.81 bits per heavy atom. The highest BCUT2D eigenvalue weighted by Gasteiger charge is 2.39. The molecule has 0 aliphatic heterocycles. The van der Waals surface area contributed by atoms with Crippen LogP contribution in [0.4, 0.5) is 5.69 Å². The molecule has 5 nitrogen and oxygen atoms in total. The molecule has 1 fully saturated rings. The van der Waals surface area contributed by atoms with Gasteiger partial charge in [0.25, 0.3) is 0 Å². The van der Waals surface area contributed by atoms with Gasteiger partial charge in [0.15, 0.2) is 0 Å². The molecule has 2 N–H and O–H groups in total. The highest BCUT2D eigenvalue weighted by molar-refractivity contribution is 7.89. The van der Waals surface area contributed by atoms with Crippen LogP contribution in [0.5, 0.6) is 0 Å². The van der Waals surface area contributed by atoms with Crippen LogP contribution in [-0.2, 0) is 10.0 Å². The van der Waals surface area contributed by atoms with Crippen LogP contribution in [0.2, 0.25) is 0 Å². The van der Waals surface area contributed by atoms with Gasteiger partial charge in [-0.25, -0.2) is 13.1 Å². The van der Waals surface area contributed by atoms with Crippen LogP contribution in [0.3, 0.4) is 0 Å². The van der Waals surface area contributed by atoms with Crippen molar-refractivity contribution in [1.29, 1.82) is 0 Å². The summed E-state index contributed by atoms with van der Waals surface area (Å²) >= 11 is 0. The SMILES string of the molecule is CCNc1ccc(S(=O)(=O)NCC2(N(C)C)CCC2)cc1. The van der Waals surface area contributed by atoms with Gasteiger partial charge in [0.05, 0.1) is 4.90 Å². The van der Waals surface area contributed by atoms with Gasteiger partial charge >= 0.3 is 0 Å². The molecule has 1 aliphatic carbocycles. The van der Waals surface area contributed by atoms with Gasteiger partial charge in [-0.1, -0.05) is 0 Å². The molecule has 0 bridgehead atoms. The fraction of sp³-hybridized carbons (Fsp3) is 0.600. The van der Waals surface area contributed by atoms with Gasteiger partial charge in [-0.2, -0.15) is 0 Å². The fourth-order valence-corrected chi connectivity index (χ4v) is 3.76. The Kier molecular flexibility index (Phi) is 4.91. The molecule has 0 atom stereocenters. The lowest BCUT2D eigenvalue weighted by Gasteiger charge is -2.47. The predicted octanol–water partition coefficient (Wildman–Crippen LogP) is 1.88. The van der Waals surface area contributed by atoms with E-state index in [1.165, 1.54) is 0 Å². The smallest absolute Gasteiger partial charge is 0.240 e. The number of hydrogen-bond donors (Lipinski definition) is 2. The van der Waals surface area contributed by atoms with Gasteiger partial charge in [0, 0.05) is 24.3 Å². The van der Waals surface area contributed by atoms with Gasteiger partial charge in [0.2, 0.25) is 10.0 Å². The van der Waals surface area contributed by atoms with Crippen molar-refractivity contribution in [3.63, 3.8) is 0 Å². The van der Waals surface area contributed by atoms with Gasteiger partial charge < -0.3 is 10.2 Å². The van der Waals surface area contributed by atoms with E-state index >= 15 is 0 Å². The highest BCUT2D eigenvalue weighted by Crippen LogP contribution is 2.35. The molecule has 1 aromatic carbocycles. The number of nitrogens with zero attached hydrogens (tertiary/aromatic N) is 1. The predicted molar refractivity (Wildman–Crippen MR) is 86.1 cm³/mol. The molecule has 6 heteroatoms. The molecule has 1 saturated carbocycles. The van der Waals surface area contributed by atoms with E-state index in [-0.39, 0.29) is 5.54 Å². The number of anilines is 1. The van der Waals surface area contributed by atoms with Gasteiger partial charge in [-0.15, -0.1) is 0 Å². The number of sulfonamides is 1. The van der Waals surface area contributed by atoms with Crippen molar-refractivity contribution in [2.24, 2.45) is 0 Å². The summed E-state index contributed by atoms with van der Waals surface area (Å²) in [4.78, 5) is 2.45. The van der Waals surface area contributed by atoms with E-state index in [9.17, 15) is 8.42 Å². The van der Waals surface area contributed by atoms with Crippen LogP contribution in [0.25, 0.3) is 0 Å². The number of likely N-dealkylation sites (N-methyl/N-ethyl adjacent to an activating group) is 1. The summed E-state index contributed by atoms with van der Waals surface area (Å²) in [7, 11) is 0.586. The van der Waals surface area contributed by atoms with Crippen LogP contribution in [0.15, 0.2) is 29.2 Å². The second-order valence-electron chi connectivity index (χ2n) is 5.85. The highest BCUT2D eigenvalue weighted by atomic mass is 32.2. The number of hydrogen-bond acceptors (Lipinski definition) is 4. The second kappa shape index (κ2) is 6.34. The normalized spacial score (nSPS) is 17.5. The van der Waals surface area contributed by atoms with E-state index in [1.54, 1.807) is 24.3 Å². The molecule has 21 heavy (non-hydrogen) atoms. The molecule has 1 aliphatic rings. The van der Waals surface area contributed by atoms with Crippen LogP contribution < -0.4 is 10.0 Å². The molecule has 0 spiro atoms. The lowest BCUT2D eigenvalue weighted by atomic mass is 9.76. The zero-order valence-electron chi connectivity index (χ0n) is 13.0. The van der Waals surface area contributed by atoms with E-state index in [0.717, 1.165) is 31.5 Å². The number of nitrogens with one attached hydrogen (secondary N) is 2. The van der Waals surface area contributed by atoms with E-state index in [4.69, 9.17) is 0 Å². The lowest BCUT2D eigenvalue weighted by molar-refractivity contribution is 0.0657. The minimum atomic E-state index is -3.44. The Bertz CT molecular complexity index is 563. The summed E-state index contributed by atoms with van der Waals surface area (Å²) in [5, 5.41) is 3.15. The van der Waals surface area contributed by atoms with Crippen LogP contribution in [0.1, 0.15) is 26.2 Å². The monoisotopic (exact) mass is 311 g/mol. The summed E-state index contributed by atoms with van der Waals surface area (Å²) < 4.78 is 27.5. The second-order valence-corrected chi connectivity index (χ2v) is 7.62. The first-order chi connectivity index (χ1) is 9.89. The average molecular weight is 311 g/mol. The van der Waals surface area contributed by atoms with Gasteiger partial charge in [-0.3, -0.25) is 0 Å². The van der Waals surface area contributed by atoms with E-state index in [1.807, 2.05) is 21.0 Å². The zero-order chi connectivity index (χ0) is 15.5. The van der Waals surface area contributed by atoms with Crippen LogP contribution in [-0.4, -0.2) is 46.0 Å². The van der Waals surface area contributed by atoms with Crippen LogP contribution in [0, 0.1) is 0 Å². The van der Waals surface area contributed by atoms with Crippen molar-refractivity contribution in [3.05, 3.63) is 24.3 Å². The Labute approximate surface area is 127 Å². The Hall–Kier alpha value is -1.11. The standard InChI is InChI=1S/C15H25N3O2S/c1-4-16-13-6-8-14(9-7-13)21(19,20)17-12-15(18(2)3)10-5-11-15/h6-9,16-17H,4-5,10-12H2,1-3H3. The summed E-state index contributed by atoms with van der Waals surface area (Å²) in [5.74, 6) is 0. The summed E-state index contributed by atoms with van der Waals surface area (Å²) in [5.41, 5.74) is 0.914. The summed E-state index contributed by atoms with van der Waals surface area (Å²) in [6, 6.07) is 6.87. The first-order valence-corrected chi connectivity index (χ1v) is 8.89. The number of benzene rings is 1. The minimum absolute atomic E-state index is 0.0171. The number of rotatable bonds is 7. The summed E-state index contributed by atoms with van der Waals surface area (Å²) in [6.07, 6.45) is 3.25. The summed E-state index contributed by atoms with van der Waals surface area (Å²) in [6.45, 7) is 3.29. The maximum Gasteiger partial charge on any atom is 0.240 e. The van der Waals surface area contributed by atoms with Crippen molar-refractivity contribution in [3.8, 4) is 0 Å². The van der Waals surface area contributed by atoms with Crippen LogP contribution >= 0.6 is 0 Å². The molecule has 1 aromatic rings. The van der Waals surface area contributed by atoms with Crippen molar-refractivity contribution in [1.82, 2.24) is 9.62 Å². The van der Waals surface area contributed by atoms with E-state index < -0.39 is 10.0 Å². The molecule has 0 saturated heterocycles. The molecule has 118 valence electrons. The molecule has 0 aromatic heterocycles. The fourth-order valence-electron chi connectivity index (χ4n) is 2.64.